The second kappa shape index (κ2) is 15.7. The van der Waals surface area contributed by atoms with Crippen molar-refractivity contribution in [1.29, 1.82) is 0 Å². The number of amides is 3. The maximum absolute atomic E-state index is 12.8. The van der Waals surface area contributed by atoms with Crippen molar-refractivity contribution in [3.8, 4) is 0 Å². The highest BCUT2D eigenvalue weighted by molar-refractivity contribution is 6.30. The van der Waals surface area contributed by atoms with E-state index >= 15 is 0 Å². The minimum atomic E-state index is -1.59. The summed E-state index contributed by atoms with van der Waals surface area (Å²) >= 11 is 12.4. The summed E-state index contributed by atoms with van der Waals surface area (Å²) in [7, 11) is 0. The molecular weight excluding hydrogens is 739 g/mol. The number of halogens is 2. The number of carbonyl (C=O) groups excluding carboxylic acids is 2. The van der Waals surface area contributed by atoms with Gasteiger partial charge in [-0.2, -0.15) is 9.97 Å². The normalized spacial score (nSPS) is 21.3. The Kier molecular flexibility index (Phi) is 10.8. The second-order valence-corrected chi connectivity index (χ2v) is 14.2. The van der Waals surface area contributed by atoms with Crippen LogP contribution in [0.5, 0.6) is 0 Å². The summed E-state index contributed by atoms with van der Waals surface area (Å²) in [5, 5.41) is 56.2. The quantitative estimate of drug-likeness (QED) is 0.0969. The molecule has 4 heterocycles. The molecule has 3 amide bonds. The molecule has 0 spiro atoms. The molecule has 2 fully saturated rings. The van der Waals surface area contributed by atoms with E-state index in [2.05, 4.69) is 31.2 Å². The molecule has 0 unspecified atom stereocenters. The third kappa shape index (κ3) is 7.75. The second-order valence-electron chi connectivity index (χ2n) is 13.3. The highest BCUT2D eigenvalue weighted by Gasteiger charge is 2.44. The number of nitrogens with zero attached hydrogens (tertiary/aromatic N) is 6. The van der Waals surface area contributed by atoms with Crippen molar-refractivity contribution in [3.63, 3.8) is 0 Å². The number of pyridine rings is 1. The minimum absolute atomic E-state index is 0.0760. The van der Waals surface area contributed by atoms with Crippen molar-refractivity contribution >= 4 is 63.8 Å². The molecule has 1 aliphatic carbocycles. The van der Waals surface area contributed by atoms with E-state index in [9.17, 15) is 30.0 Å². The smallest absolute Gasteiger partial charge is 0.319 e. The summed E-state index contributed by atoms with van der Waals surface area (Å²) in [6.45, 7) is 0.0295. The number of fused-ring (bicyclic) bond motifs is 1. The van der Waals surface area contributed by atoms with Gasteiger partial charge in [0.05, 0.1) is 36.8 Å². The number of nitrogens with one attached hydrogen (secondary N) is 4. The Morgan fingerprint density at radius 1 is 0.944 bits per heavy atom. The van der Waals surface area contributed by atoms with E-state index < -0.39 is 42.4 Å². The van der Waals surface area contributed by atoms with Crippen molar-refractivity contribution in [2.24, 2.45) is 0 Å². The van der Waals surface area contributed by atoms with Crippen molar-refractivity contribution in [2.45, 2.75) is 48.8 Å². The molecule has 8 N–H and O–H groups in total. The van der Waals surface area contributed by atoms with Crippen LogP contribution in [0.3, 0.4) is 0 Å². The van der Waals surface area contributed by atoms with E-state index in [4.69, 9.17) is 33.2 Å². The van der Waals surface area contributed by atoms with E-state index in [1.807, 2.05) is 4.90 Å². The van der Waals surface area contributed by atoms with Gasteiger partial charge in [0, 0.05) is 35.4 Å². The maximum atomic E-state index is 12.8. The summed E-state index contributed by atoms with van der Waals surface area (Å²) < 4.78 is 1.63. The molecule has 16 nitrogen and oxygen atoms in total. The molecule has 5 atom stereocenters. The summed E-state index contributed by atoms with van der Waals surface area (Å²) in [4.78, 5) is 45.0. The zero-order valence-electron chi connectivity index (χ0n) is 28.7. The third-order valence-electron chi connectivity index (χ3n) is 9.79. The van der Waals surface area contributed by atoms with Crippen LogP contribution in [0.2, 0.25) is 10.0 Å². The van der Waals surface area contributed by atoms with E-state index in [0.29, 0.717) is 63.5 Å². The molecule has 7 rings (SSSR count). The number of hydrogen-bond donors (Lipinski definition) is 8. The first kappa shape index (κ1) is 37.2. The number of anilines is 3. The molecule has 5 aromatic rings. The highest BCUT2D eigenvalue weighted by atomic mass is 35.5. The average molecular weight is 778 g/mol. The number of aliphatic hydroxyl groups is 4. The van der Waals surface area contributed by atoms with Gasteiger partial charge >= 0.3 is 6.03 Å². The summed E-state index contributed by atoms with van der Waals surface area (Å²) in [6.07, 6.45) is 2.73. The fraction of sp³-hybridized carbons (Fsp3) is 0.333. The van der Waals surface area contributed by atoms with E-state index in [-0.39, 0.29) is 30.9 Å². The number of hydrogen-bond acceptors (Lipinski definition) is 12. The van der Waals surface area contributed by atoms with Crippen molar-refractivity contribution < 1.29 is 30.0 Å². The Balaban J connectivity index is 1.22. The molecule has 282 valence electrons. The summed E-state index contributed by atoms with van der Waals surface area (Å²) in [6, 6.07) is 14.9. The number of urea groups is 1. The Morgan fingerprint density at radius 2 is 1.65 bits per heavy atom. The Bertz CT molecular complexity index is 2060. The van der Waals surface area contributed by atoms with Gasteiger partial charge in [-0.05, 0) is 60.4 Å². The van der Waals surface area contributed by atoms with Crippen LogP contribution in [0.4, 0.5) is 22.2 Å². The predicted molar refractivity (Wildman–Crippen MR) is 201 cm³/mol. The third-order valence-corrected chi connectivity index (χ3v) is 10.3. The SMILES string of the molecule is O=C(CO)N[C@H]1C[C@@H](n2cnc3c(NCC(O)(c4ccc(Cl)cc4)c4ccc(Cl)cc4)nc(N4CC[C@@H](NC(=O)Nc5cccnc5)C4)nc32)[C@H](O)[C@@H]1O. The first-order chi connectivity index (χ1) is 26.0. The molecule has 0 bridgehead atoms. The molecule has 0 radical (unpaired) electrons. The molecule has 3 aromatic heterocycles. The number of carbonyl (C=O) groups is 2. The number of aromatic nitrogens is 5. The van der Waals surface area contributed by atoms with Gasteiger partial charge < -0.3 is 51.2 Å². The summed E-state index contributed by atoms with van der Waals surface area (Å²) in [5.74, 6) is -0.110. The molecule has 2 aromatic carbocycles. The lowest BCUT2D eigenvalue weighted by Crippen LogP contribution is -2.44. The fourth-order valence-corrected chi connectivity index (χ4v) is 7.23. The van der Waals surface area contributed by atoms with Gasteiger partial charge in [0.15, 0.2) is 17.0 Å². The Hall–Kier alpha value is -5.10. The fourth-order valence-electron chi connectivity index (χ4n) is 6.97. The molecule has 2 aliphatic rings. The van der Waals surface area contributed by atoms with Crippen molar-refractivity contribution in [3.05, 3.63) is 101 Å². The topological polar surface area (TPSA) is 223 Å². The van der Waals surface area contributed by atoms with Crippen LogP contribution in [-0.4, -0.2) is 107 Å². The Labute approximate surface area is 319 Å². The predicted octanol–water partition coefficient (Wildman–Crippen LogP) is 2.42. The van der Waals surface area contributed by atoms with Gasteiger partial charge in [-0.1, -0.05) is 47.5 Å². The van der Waals surface area contributed by atoms with Crippen molar-refractivity contribution in [2.75, 3.05) is 41.8 Å². The van der Waals surface area contributed by atoms with Gasteiger partial charge in [0.2, 0.25) is 11.9 Å². The molecule has 1 aliphatic heterocycles. The van der Waals surface area contributed by atoms with Crippen molar-refractivity contribution in [1.82, 2.24) is 35.1 Å². The van der Waals surface area contributed by atoms with Gasteiger partial charge in [-0.25, -0.2) is 9.78 Å². The van der Waals surface area contributed by atoms with Crippen LogP contribution in [-0.2, 0) is 10.4 Å². The van der Waals surface area contributed by atoms with Crippen LogP contribution in [0.15, 0.2) is 79.4 Å². The van der Waals surface area contributed by atoms with Crippen LogP contribution in [0.1, 0.15) is 30.0 Å². The van der Waals surface area contributed by atoms with E-state index in [0.717, 1.165) is 0 Å². The first-order valence-corrected chi connectivity index (χ1v) is 18.0. The number of benzene rings is 2. The van der Waals surface area contributed by atoms with Gasteiger partial charge in [0.1, 0.15) is 24.4 Å². The monoisotopic (exact) mass is 776 g/mol. The molecule has 1 saturated heterocycles. The van der Waals surface area contributed by atoms with E-state index in [1.165, 1.54) is 6.33 Å². The molecule has 18 heteroatoms. The van der Waals surface area contributed by atoms with Crippen LogP contribution >= 0.6 is 23.2 Å². The highest BCUT2D eigenvalue weighted by Crippen LogP contribution is 2.36. The standard InChI is InChI=1S/C36H38Cl2N10O6/c37-22-7-3-20(4-8-22)36(54,21-5-9-23(38)10-6-21)18-40-32-29-33(48(19-41-29)27-14-26(30(51)31(27)52)44-28(50)17-49)46-34(45-32)47-13-11-25(16-47)43-35(53)42-24-2-1-12-39-15-24/h1-10,12,15,19,25-27,30-31,49,51-52,54H,11,13-14,16-18H2,(H,44,50)(H,40,45,46)(H2,42,43,53)/t25-,26+,27-,30-,31+/m1/s1. The van der Waals surface area contributed by atoms with E-state index in [1.54, 1.807) is 77.6 Å². The lowest BCUT2D eigenvalue weighted by atomic mass is 9.86. The zero-order valence-corrected chi connectivity index (χ0v) is 30.2. The maximum Gasteiger partial charge on any atom is 0.319 e. The average Bonchev–Trinajstić information content (AvgIpc) is 3.89. The lowest BCUT2D eigenvalue weighted by molar-refractivity contribution is -0.125. The Morgan fingerprint density at radius 3 is 2.30 bits per heavy atom. The van der Waals surface area contributed by atoms with Crippen LogP contribution in [0.25, 0.3) is 11.2 Å². The largest absolute Gasteiger partial charge is 0.388 e. The summed E-state index contributed by atoms with van der Waals surface area (Å²) in [5.41, 5.74) is 0.702. The first-order valence-electron chi connectivity index (χ1n) is 17.2. The lowest BCUT2D eigenvalue weighted by Gasteiger charge is -2.30. The zero-order chi connectivity index (χ0) is 38.0. The van der Waals surface area contributed by atoms with Crippen LogP contribution < -0.4 is 26.2 Å². The van der Waals surface area contributed by atoms with Gasteiger partial charge in [0.25, 0.3) is 0 Å². The molecule has 1 saturated carbocycles. The number of aliphatic hydroxyl groups excluding tert-OH is 3. The van der Waals surface area contributed by atoms with Gasteiger partial charge in [-0.15, -0.1) is 0 Å². The number of imidazole rings is 1. The molecule has 54 heavy (non-hydrogen) atoms. The van der Waals surface area contributed by atoms with Gasteiger partial charge in [-0.3, -0.25) is 9.78 Å². The minimum Gasteiger partial charge on any atom is -0.388 e. The number of rotatable bonds is 11. The molecular formula is C36H38Cl2N10O6. The van der Waals surface area contributed by atoms with Crippen LogP contribution in [0, 0.1) is 0 Å².